The summed E-state index contributed by atoms with van der Waals surface area (Å²) >= 11 is 0. The van der Waals surface area contributed by atoms with E-state index in [1.807, 2.05) is 0 Å². The average molecular weight is 194 g/mol. The van der Waals surface area contributed by atoms with Crippen LogP contribution in [0.25, 0.3) is 0 Å². The van der Waals surface area contributed by atoms with Crippen molar-refractivity contribution < 1.29 is 14.7 Å². The van der Waals surface area contributed by atoms with Crippen LogP contribution in [0.4, 0.5) is 0 Å². The van der Waals surface area contributed by atoms with Gasteiger partial charge >= 0.3 is 0 Å². The first-order valence-corrected chi connectivity index (χ1v) is 4.68. The van der Waals surface area contributed by atoms with E-state index in [2.05, 4.69) is 5.32 Å². The van der Waals surface area contributed by atoms with Crippen molar-refractivity contribution in [3.8, 4) is 0 Å². The molecule has 0 aromatic heterocycles. The van der Waals surface area contributed by atoms with Crippen LogP contribution in [-0.4, -0.2) is 40.1 Å². The quantitative estimate of drug-likeness (QED) is 0.505. The zero-order chi connectivity index (χ0) is 9.92. The molecule has 2 amide bonds. The van der Waals surface area contributed by atoms with E-state index in [9.17, 15) is 14.7 Å². The molecule has 2 unspecified atom stereocenters. The second-order valence-corrected chi connectivity index (χ2v) is 3.91. The van der Waals surface area contributed by atoms with Crippen LogP contribution in [0.3, 0.4) is 0 Å². The van der Waals surface area contributed by atoms with Gasteiger partial charge in [-0.3, -0.25) is 9.59 Å². The lowest BCUT2D eigenvalue weighted by atomic mass is 9.96. The molecule has 5 nitrogen and oxygen atoms in total. The molecule has 0 aromatic rings. The Morgan fingerprint density at radius 3 is 3.14 bits per heavy atom. The molecule has 74 valence electrons. The number of nitrogens with one attached hydrogen (secondary N) is 1. The molecule has 3 heterocycles. The minimum Gasteiger partial charge on any atom is -0.365 e. The van der Waals surface area contributed by atoms with E-state index in [-0.39, 0.29) is 18.2 Å². The monoisotopic (exact) mass is 194 g/mol. The topological polar surface area (TPSA) is 69.6 Å². The standard InChI is InChI=1S/C9H10N2O3/c12-7-4-6-9(14)5(8(13)10-6)2-1-3-11(7)9/h2,6,14H,1,3-4H2,(H,10,13). The van der Waals surface area contributed by atoms with Crippen molar-refractivity contribution in [2.24, 2.45) is 0 Å². The van der Waals surface area contributed by atoms with Crippen LogP contribution in [0.2, 0.25) is 0 Å². The van der Waals surface area contributed by atoms with Gasteiger partial charge in [-0.2, -0.15) is 0 Å². The molecule has 2 saturated heterocycles. The van der Waals surface area contributed by atoms with Gasteiger partial charge < -0.3 is 15.3 Å². The Labute approximate surface area is 80.4 Å². The van der Waals surface area contributed by atoms with E-state index >= 15 is 0 Å². The Kier molecular flexibility index (Phi) is 1.24. The predicted molar refractivity (Wildman–Crippen MR) is 45.9 cm³/mol. The summed E-state index contributed by atoms with van der Waals surface area (Å²) in [6, 6.07) is -0.450. The summed E-state index contributed by atoms with van der Waals surface area (Å²) in [5.74, 6) is -0.321. The van der Waals surface area contributed by atoms with Crippen molar-refractivity contribution in [3.05, 3.63) is 11.6 Å². The molecule has 2 atom stereocenters. The zero-order valence-corrected chi connectivity index (χ0v) is 7.49. The highest BCUT2D eigenvalue weighted by atomic mass is 16.3. The Morgan fingerprint density at radius 2 is 2.36 bits per heavy atom. The van der Waals surface area contributed by atoms with E-state index in [1.165, 1.54) is 4.90 Å². The Balaban J connectivity index is 2.18. The van der Waals surface area contributed by atoms with Gasteiger partial charge in [-0.05, 0) is 6.42 Å². The van der Waals surface area contributed by atoms with Crippen molar-refractivity contribution in [1.29, 1.82) is 0 Å². The van der Waals surface area contributed by atoms with Crippen LogP contribution in [0.5, 0.6) is 0 Å². The van der Waals surface area contributed by atoms with Gasteiger partial charge in [0, 0.05) is 6.54 Å². The number of carbonyl (C=O) groups is 2. The number of carbonyl (C=O) groups excluding carboxylic acids is 2. The second-order valence-electron chi connectivity index (χ2n) is 3.91. The highest BCUT2D eigenvalue weighted by Gasteiger charge is 2.61. The summed E-state index contributed by atoms with van der Waals surface area (Å²) in [5.41, 5.74) is -1.01. The largest absolute Gasteiger partial charge is 0.365 e. The smallest absolute Gasteiger partial charge is 0.252 e. The number of hydrogen-bond donors (Lipinski definition) is 2. The van der Waals surface area contributed by atoms with Crippen molar-refractivity contribution in [2.45, 2.75) is 24.6 Å². The summed E-state index contributed by atoms with van der Waals surface area (Å²) in [4.78, 5) is 24.3. The lowest BCUT2D eigenvalue weighted by Gasteiger charge is -2.35. The summed E-state index contributed by atoms with van der Waals surface area (Å²) < 4.78 is 0. The van der Waals surface area contributed by atoms with Gasteiger partial charge in [-0.25, -0.2) is 0 Å². The minimum atomic E-state index is -1.35. The molecular formula is C9H10N2O3. The van der Waals surface area contributed by atoms with E-state index in [1.54, 1.807) is 6.08 Å². The molecule has 0 aromatic carbocycles. The number of nitrogens with zero attached hydrogens (tertiary/aromatic N) is 1. The summed E-state index contributed by atoms with van der Waals surface area (Å²) in [6.07, 6.45) is 2.58. The molecule has 3 aliphatic heterocycles. The van der Waals surface area contributed by atoms with Crippen LogP contribution in [0, 0.1) is 0 Å². The molecule has 2 N–H and O–H groups in total. The first-order valence-electron chi connectivity index (χ1n) is 4.68. The average Bonchev–Trinajstić information content (AvgIpc) is 2.52. The lowest BCUT2D eigenvalue weighted by molar-refractivity contribution is -0.141. The Hall–Kier alpha value is -1.36. The summed E-state index contributed by atoms with van der Waals surface area (Å²) in [6.45, 7) is 0.504. The Bertz CT molecular complexity index is 376. The SMILES string of the molecule is O=C1NC2CC(=O)N3CCC=C1C23O. The number of aliphatic hydroxyl groups is 1. The normalized spacial score (nSPS) is 39.6. The van der Waals surface area contributed by atoms with Crippen molar-refractivity contribution in [3.63, 3.8) is 0 Å². The van der Waals surface area contributed by atoms with Crippen molar-refractivity contribution >= 4 is 11.8 Å². The van der Waals surface area contributed by atoms with Gasteiger partial charge in [0.25, 0.3) is 5.91 Å². The molecular weight excluding hydrogens is 184 g/mol. The van der Waals surface area contributed by atoms with Crippen molar-refractivity contribution in [2.75, 3.05) is 6.54 Å². The highest BCUT2D eigenvalue weighted by molar-refractivity contribution is 6.02. The van der Waals surface area contributed by atoms with Gasteiger partial charge in [0.1, 0.15) is 0 Å². The molecule has 0 saturated carbocycles. The zero-order valence-electron chi connectivity index (χ0n) is 7.49. The Morgan fingerprint density at radius 1 is 1.57 bits per heavy atom. The van der Waals surface area contributed by atoms with Crippen LogP contribution < -0.4 is 5.32 Å². The fraction of sp³-hybridized carbons (Fsp3) is 0.556. The molecule has 0 radical (unpaired) electrons. The lowest BCUT2D eigenvalue weighted by Crippen LogP contribution is -2.53. The third-order valence-electron chi connectivity index (χ3n) is 3.22. The van der Waals surface area contributed by atoms with Crippen LogP contribution >= 0.6 is 0 Å². The third kappa shape index (κ3) is 0.662. The fourth-order valence-corrected chi connectivity index (χ4v) is 2.57. The van der Waals surface area contributed by atoms with E-state index in [0.29, 0.717) is 18.5 Å². The summed E-state index contributed by atoms with van der Waals surface area (Å²) in [5, 5.41) is 12.9. The fourth-order valence-electron chi connectivity index (χ4n) is 2.57. The third-order valence-corrected chi connectivity index (χ3v) is 3.22. The maximum Gasteiger partial charge on any atom is 0.252 e. The molecule has 0 aliphatic carbocycles. The second kappa shape index (κ2) is 2.17. The van der Waals surface area contributed by atoms with Crippen molar-refractivity contribution in [1.82, 2.24) is 10.2 Å². The maximum atomic E-state index is 11.5. The highest BCUT2D eigenvalue weighted by Crippen LogP contribution is 2.41. The van der Waals surface area contributed by atoms with Crippen LogP contribution in [-0.2, 0) is 9.59 Å². The molecule has 0 bridgehead atoms. The first kappa shape index (κ1) is 7.99. The van der Waals surface area contributed by atoms with E-state index in [4.69, 9.17) is 0 Å². The van der Waals surface area contributed by atoms with E-state index in [0.717, 1.165) is 0 Å². The number of hydrogen-bond acceptors (Lipinski definition) is 3. The predicted octanol–water partition coefficient (Wildman–Crippen LogP) is -1.26. The molecule has 5 heteroatoms. The molecule has 3 aliphatic rings. The molecule has 14 heavy (non-hydrogen) atoms. The molecule has 0 spiro atoms. The van der Waals surface area contributed by atoms with E-state index < -0.39 is 11.8 Å². The van der Waals surface area contributed by atoms with Gasteiger partial charge in [0.15, 0.2) is 5.72 Å². The minimum absolute atomic E-state index is 0.0805. The number of rotatable bonds is 0. The van der Waals surface area contributed by atoms with Crippen LogP contribution in [0.15, 0.2) is 11.6 Å². The van der Waals surface area contributed by atoms with Crippen LogP contribution in [0.1, 0.15) is 12.8 Å². The molecule has 3 rings (SSSR count). The van der Waals surface area contributed by atoms with Gasteiger partial charge in [0.05, 0.1) is 18.0 Å². The maximum absolute atomic E-state index is 11.5. The van der Waals surface area contributed by atoms with Gasteiger partial charge in [-0.15, -0.1) is 0 Å². The first-order chi connectivity index (χ1) is 6.64. The molecule has 2 fully saturated rings. The van der Waals surface area contributed by atoms with Gasteiger partial charge in [-0.1, -0.05) is 6.08 Å². The number of amides is 2. The summed E-state index contributed by atoms with van der Waals surface area (Å²) in [7, 11) is 0. The van der Waals surface area contributed by atoms with Gasteiger partial charge in [0.2, 0.25) is 5.91 Å².